The summed E-state index contributed by atoms with van der Waals surface area (Å²) < 4.78 is 30.3. The molecule has 1 aromatic rings. The van der Waals surface area contributed by atoms with Crippen molar-refractivity contribution in [3.63, 3.8) is 0 Å². The molecular formula is C11H17NO4S2. The topological polar surface area (TPSA) is 72.5 Å². The number of ether oxygens (including phenoxy) is 1. The molecule has 0 saturated carbocycles. The number of nitrogens with one attached hydrogen (secondary N) is 1. The van der Waals surface area contributed by atoms with Crippen LogP contribution in [-0.2, 0) is 14.8 Å². The monoisotopic (exact) mass is 291 g/mol. The Hall–Kier alpha value is -1.08. The second-order valence-corrected chi connectivity index (χ2v) is 8.15. The lowest BCUT2D eigenvalue weighted by Crippen LogP contribution is -2.34. The van der Waals surface area contributed by atoms with Crippen LogP contribution in [0.4, 0.5) is 5.69 Å². The highest BCUT2D eigenvalue weighted by atomic mass is 32.2. The van der Waals surface area contributed by atoms with Crippen molar-refractivity contribution in [2.45, 2.75) is 32.4 Å². The van der Waals surface area contributed by atoms with Crippen LogP contribution in [0.1, 0.15) is 36.0 Å². The van der Waals surface area contributed by atoms with Crippen molar-refractivity contribution in [1.29, 1.82) is 0 Å². The third kappa shape index (κ3) is 2.84. The number of sulfonamides is 1. The van der Waals surface area contributed by atoms with E-state index in [1.165, 1.54) is 7.11 Å². The van der Waals surface area contributed by atoms with Gasteiger partial charge in [0.2, 0.25) is 10.0 Å². The summed E-state index contributed by atoms with van der Waals surface area (Å²) in [6, 6.07) is 0. The maximum atomic E-state index is 12.1. The van der Waals surface area contributed by atoms with Crippen LogP contribution in [0.3, 0.4) is 0 Å². The molecule has 0 saturated heterocycles. The molecule has 0 fully saturated rings. The van der Waals surface area contributed by atoms with Crippen LogP contribution >= 0.6 is 11.3 Å². The molecule has 0 aliphatic rings. The predicted octanol–water partition coefficient (Wildman–Crippen LogP) is 2.38. The minimum atomic E-state index is -3.56. The van der Waals surface area contributed by atoms with Crippen LogP contribution < -0.4 is 4.72 Å². The molecule has 0 amide bonds. The van der Waals surface area contributed by atoms with Gasteiger partial charge in [0.1, 0.15) is 4.88 Å². The van der Waals surface area contributed by atoms with E-state index in [0.29, 0.717) is 11.3 Å². The molecule has 1 aromatic heterocycles. The van der Waals surface area contributed by atoms with Gasteiger partial charge in [-0.1, -0.05) is 0 Å². The van der Waals surface area contributed by atoms with E-state index in [2.05, 4.69) is 9.46 Å². The van der Waals surface area contributed by atoms with Crippen molar-refractivity contribution in [2.24, 2.45) is 0 Å². The number of hydrogen-bond acceptors (Lipinski definition) is 5. The molecule has 102 valence electrons. The van der Waals surface area contributed by atoms with Crippen molar-refractivity contribution in [3.05, 3.63) is 15.8 Å². The number of anilines is 1. The number of carbonyl (C=O) groups excluding carboxylic acids is 1. The minimum Gasteiger partial charge on any atom is -0.465 e. The first-order valence-electron chi connectivity index (χ1n) is 5.29. The fraction of sp³-hybridized carbons (Fsp3) is 0.545. The highest BCUT2D eigenvalue weighted by Crippen LogP contribution is 2.31. The van der Waals surface area contributed by atoms with Crippen LogP contribution in [0, 0.1) is 6.92 Å². The zero-order valence-electron chi connectivity index (χ0n) is 11.0. The van der Waals surface area contributed by atoms with Crippen LogP contribution in [0.2, 0.25) is 0 Å². The highest BCUT2D eigenvalue weighted by molar-refractivity contribution is 7.94. The summed E-state index contributed by atoms with van der Waals surface area (Å²) in [6.07, 6.45) is 0. The second-order valence-electron chi connectivity index (χ2n) is 4.83. The summed E-state index contributed by atoms with van der Waals surface area (Å²) in [5, 5.41) is 1.72. The number of carbonyl (C=O) groups is 1. The number of methoxy groups -OCH3 is 1. The number of aryl methyl sites for hydroxylation is 1. The van der Waals surface area contributed by atoms with Crippen LogP contribution in [0.5, 0.6) is 0 Å². The van der Waals surface area contributed by atoms with Gasteiger partial charge in [0, 0.05) is 0 Å². The number of esters is 1. The molecule has 7 heteroatoms. The van der Waals surface area contributed by atoms with Gasteiger partial charge in [-0.3, -0.25) is 4.72 Å². The Morgan fingerprint density at radius 3 is 2.39 bits per heavy atom. The SMILES string of the molecule is COC(=O)c1scc(C)c1NS(=O)(=O)C(C)(C)C. The van der Waals surface area contributed by atoms with E-state index in [1.807, 2.05) is 0 Å². The second kappa shape index (κ2) is 4.89. The van der Waals surface area contributed by atoms with E-state index in [4.69, 9.17) is 0 Å². The zero-order chi connectivity index (χ0) is 14.1. The third-order valence-corrected chi connectivity index (χ3v) is 5.55. The van der Waals surface area contributed by atoms with E-state index < -0.39 is 20.7 Å². The number of hydrogen-bond donors (Lipinski definition) is 1. The molecule has 0 radical (unpaired) electrons. The first kappa shape index (κ1) is 15.0. The lowest BCUT2D eigenvalue weighted by molar-refractivity contribution is 0.0607. The Balaban J connectivity index is 3.21. The Morgan fingerprint density at radius 2 is 1.94 bits per heavy atom. The average molecular weight is 291 g/mol. The van der Waals surface area contributed by atoms with Crippen LogP contribution in [0.15, 0.2) is 5.38 Å². The van der Waals surface area contributed by atoms with Gasteiger partial charge in [0.15, 0.2) is 0 Å². The van der Waals surface area contributed by atoms with E-state index in [1.54, 1.807) is 33.1 Å². The standard InChI is InChI=1S/C11H17NO4S2/c1-7-6-17-9(10(13)16-5)8(7)12-18(14,15)11(2,3)4/h6,12H,1-5H3. The van der Waals surface area contributed by atoms with Crippen molar-refractivity contribution >= 4 is 33.0 Å². The van der Waals surface area contributed by atoms with Gasteiger partial charge in [-0.15, -0.1) is 11.3 Å². The van der Waals surface area contributed by atoms with Gasteiger partial charge in [0.25, 0.3) is 0 Å². The summed E-state index contributed by atoms with van der Waals surface area (Å²) >= 11 is 1.16. The summed E-state index contributed by atoms with van der Waals surface area (Å²) in [7, 11) is -2.30. The maximum Gasteiger partial charge on any atom is 0.350 e. The van der Waals surface area contributed by atoms with Gasteiger partial charge in [0.05, 0.1) is 17.5 Å². The maximum absolute atomic E-state index is 12.1. The molecule has 1 N–H and O–H groups in total. The first-order chi connectivity index (χ1) is 8.10. The van der Waals surface area contributed by atoms with Crippen molar-refractivity contribution in [2.75, 3.05) is 11.8 Å². The van der Waals surface area contributed by atoms with E-state index in [9.17, 15) is 13.2 Å². The summed E-state index contributed by atoms with van der Waals surface area (Å²) in [5.74, 6) is -0.542. The van der Waals surface area contributed by atoms with Gasteiger partial charge < -0.3 is 4.74 Å². The first-order valence-corrected chi connectivity index (χ1v) is 7.65. The molecule has 0 unspecified atom stereocenters. The highest BCUT2D eigenvalue weighted by Gasteiger charge is 2.31. The zero-order valence-corrected chi connectivity index (χ0v) is 12.7. The van der Waals surface area contributed by atoms with Gasteiger partial charge in [-0.25, -0.2) is 13.2 Å². The molecule has 0 aromatic carbocycles. The summed E-state index contributed by atoms with van der Waals surface area (Å²) in [5.41, 5.74) is 1.01. The van der Waals surface area contributed by atoms with Crippen LogP contribution in [-0.4, -0.2) is 26.2 Å². The number of rotatable bonds is 3. The summed E-state index contributed by atoms with van der Waals surface area (Å²) in [6.45, 7) is 6.52. The fourth-order valence-corrected chi connectivity index (χ4v) is 2.93. The molecule has 0 spiro atoms. The molecular weight excluding hydrogens is 274 g/mol. The van der Waals surface area contributed by atoms with Crippen molar-refractivity contribution < 1.29 is 17.9 Å². The van der Waals surface area contributed by atoms with Gasteiger partial charge >= 0.3 is 5.97 Å². The quantitative estimate of drug-likeness (QED) is 0.868. The van der Waals surface area contributed by atoms with E-state index in [0.717, 1.165) is 11.3 Å². The predicted molar refractivity (Wildman–Crippen MR) is 72.7 cm³/mol. The molecule has 1 heterocycles. The van der Waals surface area contributed by atoms with Crippen molar-refractivity contribution in [1.82, 2.24) is 0 Å². The Bertz CT molecular complexity index is 552. The van der Waals surface area contributed by atoms with Gasteiger partial charge in [-0.05, 0) is 38.6 Å². The molecule has 1 rings (SSSR count). The van der Waals surface area contributed by atoms with E-state index in [-0.39, 0.29) is 4.88 Å². The Kier molecular flexibility index (Phi) is 4.07. The molecule has 0 aliphatic carbocycles. The number of thiophene rings is 1. The van der Waals surface area contributed by atoms with Crippen LogP contribution in [0.25, 0.3) is 0 Å². The minimum absolute atomic E-state index is 0.267. The average Bonchev–Trinajstić information content (AvgIpc) is 2.57. The fourth-order valence-electron chi connectivity index (χ4n) is 1.10. The van der Waals surface area contributed by atoms with Crippen molar-refractivity contribution in [3.8, 4) is 0 Å². The lowest BCUT2D eigenvalue weighted by Gasteiger charge is -2.20. The Morgan fingerprint density at radius 1 is 1.39 bits per heavy atom. The van der Waals surface area contributed by atoms with E-state index >= 15 is 0 Å². The molecule has 0 bridgehead atoms. The smallest absolute Gasteiger partial charge is 0.350 e. The summed E-state index contributed by atoms with van der Waals surface area (Å²) in [4.78, 5) is 11.8. The lowest BCUT2D eigenvalue weighted by atomic mass is 10.3. The molecule has 0 atom stereocenters. The molecule has 5 nitrogen and oxygen atoms in total. The van der Waals surface area contributed by atoms with Gasteiger partial charge in [-0.2, -0.15) is 0 Å². The Labute approximate surface area is 111 Å². The normalized spacial score (nSPS) is 12.3. The largest absolute Gasteiger partial charge is 0.465 e. The molecule has 0 aliphatic heterocycles. The molecule has 18 heavy (non-hydrogen) atoms. The third-order valence-electron chi connectivity index (χ3n) is 2.39.